The molecule has 1 rings (SSSR count). The molecule has 11 heteroatoms. The zero-order valence-electron chi connectivity index (χ0n) is 12.6. The Hall–Kier alpha value is -1.68. The minimum absolute atomic E-state index is 0.0591. The number of amides is 2. The second kappa shape index (κ2) is 8.43. The lowest BCUT2D eigenvalue weighted by Gasteiger charge is -2.33. The standard InChI is InChI=1S/C13H18F6N2O3/c14-12(15,16)7-24-11(23)20-6-5-10(22)21-9-4-2-1-3-8(9)13(17,18)19/h8-9H,1-7H2,(H,20,23)(H,21,22)/t8-,9-/m0/s1. The summed E-state index contributed by atoms with van der Waals surface area (Å²) in [6.07, 6.45) is -9.63. The first-order chi connectivity index (χ1) is 11.0. The summed E-state index contributed by atoms with van der Waals surface area (Å²) in [6, 6.07) is -1.02. The summed E-state index contributed by atoms with van der Waals surface area (Å²) in [5, 5.41) is 4.20. The highest BCUT2D eigenvalue weighted by molar-refractivity contribution is 5.77. The first kappa shape index (κ1) is 20.4. The van der Waals surface area contributed by atoms with Gasteiger partial charge in [0, 0.05) is 19.0 Å². The highest BCUT2D eigenvalue weighted by atomic mass is 19.4. The van der Waals surface area contributed by atoms with Gasteiger partial charge in [-0.1, -0.05) is 12.8 Å². The van der Waals surface area contributed by atoms with E-state index >= 15 is 0 Å². The molecule has 5 nitrogen and oxygen atoms in total. The van der Waals surface area contributed by atoms with Crippen molar-refractivity contribution >= 4 is 12.0 Å². The smallest absolute Gasteiger partial charge is 0.422 e. The molecule has 0 aromatic carbocycles. The molecule has 0 spiro atoms. The summed E-state index contributed by atoms with van der Waals surface area (Å²) in [5.74, 6) is -2.33. The lowest BCUT2D eigenvalue weighted by atomic mass is 9.84. The van der Waals surface area contributed by atoms with Gasteiger partial charge in [-0.3, -0.25) is 4.79 Å². The fourth-order valence-electron chi connectivity index (χ4n) is 2.45. The second-order valence-corrected chi connectivity index (χ2v) is 5.47. The predicted molar refractivity (Wildman–Crippen MR) is 70.0 cm³/mol. The van der Waals surface area contributed by atoms with Crippen molar-refractivity contribution in [1.29, 1.82) is 0 Å². The van der Waals surface area contributed by atoms with Gasteiger partial charge in [-0.15, -0.1) is 0 Å². The number of alkyl halides is 6. The van der Waals surface area contributed by atoms with Crippen molar-refractivity contribution in [1.82, 2.24) is 10.6 Å². The largest absolute Gasteiger partial charge is 0.440 e. The van der Waals surface area contributed by atoms with Crippen LogP contribution in [0, 0.1) is 5.92 Å². The minimum atomic E-state index is -4.66. The second-order valence-electron chi connectivity index (χ2n) is 5.47. The monoisotopic (exact) mass is 364 g/mol. The fourth-order valence-corrected chi connectivity index (χ4v) is 2.45. The number of halogens is 6. The van der Waals surface area contributed by atoms with Crippen LogP contribution in [0.2, 0.25) is 0 Å². The molecule has 2 N–H and O–H groups in total. The van der Waals surface area contributed by atoms with Gasteiger partial charge in [0.1, 0.15) is 0 Å². The number of nitrogens with one attached hydrogen (secondary N) is 2. The molecule has 0 saturated heterocycles. The first-order valence-corrected chi connectivity index (χ1v) is 7.32. The molecule has 0 aromatic heterocycles. The average Bonchev–Trinajstić information content (AvgIpc) is 2.44. The molecule has 0 unspecified atom stereocenters. The molecule has 0 aliphatic heterocycles. The van der Waals surface area contributed by atoms with Gasteiger partial charge in [-0.2, -0.15) is 26.3 Å². The molecule has 24 heavy (non-hydrogen) atoms. The van der Waals surface area contributed by atoms with Crippen LogP contribution in [0.3, 0.4) is 0 Å². The van der Waals surface area contributed by atoms with Crippen LogP contribution in [0.25, 0.3) is 0 Å². The van der Waals surface area contributed by atoms with Gasteiger partial charge in [0.25, 0.3) is 0 Å². The van der Waals surface area contributed by atoms with E-state index in [1.807, 2.05) is 5.32 Å². The normalized spacial score (nSPS) is 21.9. The Morgan fingerprint density at radius 2 is 1.67 bits per heavy atom. The van der Waals surface area contributed by atoms with E-state index in [1.54, 1.807) is 0 Å². The number of ether oxygens (including phenoxy) is 1. The first-order valence-electron chi connectivity index (χ1n) is 7.32. The molecule has 1 aliphatic carbocycles. The Kier molecular flexibility index (Phi) is 7.15. The summed E-state index contributed by atoms with van der Waals surface area (Å²) in [4.78, 5) is 22.6. The van der Waals surface area contributed by atoms with Gasteiger partial charge in [0.2, 0.25) is 5.91 Å². The Labute approximate surface area is 134 Å². The molecule has 2 atom stereocenters. The van der Waals surface area contributed by atoms with Crippen molar-refractivity contribution in [2.75, 3.05) is 13.2 Å². The van der Waals surface area contributed by atoms with E-state index in [0.717, 1.165) is 0 Å². The summed E-state index contributed by atoms with van der Waals surface area (Å²) >= 11 is 0. The molecule has 1 fully saturated rings. The molecular weight excluding hydrogens is 346 g/mol. The molecule has 140 valence electrons. The zero-order valence-corrected chi connectivity index (χ0v) is 12.6. The van der Waals surface area contributed by atoms with Crippen LogP contribution in [0.1, 0.15) is 32.1 Å². The van der Waals surface area contributed by atoms with Crippen molar-refractivity contribution in [3.05, 3.63) is 0 Å². The average molecular weight is 364 g/mol. The summed E-state index contributed by atoms with van der Waals surface area (Å²) < 4.78 is 77.8. The van der Waals surface area contributed by atoms with Gasteiger partial charge in [-0.05, 0) is 12.8 Å². The summed E-state index contributed by atoms with van der Waals surface area (Å²) in [6.45, 7) is -2.10. The molecule has 0 aromatic rings. The molecular formula is C13H18F6N2O3. The van der Waals surface area contributed by atoms with Crippen molar-refractivity contribution in [2.24, 2.45) is 5.92 Å². The van der Waals surface area contributed by atoms with Crippen LogP contribution in [0.15, 0.2) is 0 Å². The zero-order chi connectivity index (χ0) is 18.4. The number of alkyl carbamates (subject to hydrolysis) is 1. The van der Waals surface area contributed by atoms with Crippen LogP contribution in [-0.2, 0) is 9.53 Å². The van der Waals surface area contributed by atoms with Crippen LogP contribution in [0.4, 0.5) is 31.1 Å². The number of rotatable bonds is 5. The summed E-state index contributed by atoms with van der Waals surface area (Å²) in [5.41, 5.74) is 0. The third-order valence-corrected chi connectivity index (χ3v) is 3.52. The van der Waals surface area contributed by atoms with Gasteiger partial charge in [0.15, 0.2) is 6.61 Å². The number of hydrogen-bond acceptors (Lipinski definition) is 3. The predicted octanol–water partition coefficient (Wildman–Crippen LogP) is 2.90. The van der Waals surface area contributed by atoms with Gasteiger partial charge >= 0.3 is 18.4 Å². The number of carbonyl (C=O) groups is 2. The van der Waals surface area contributed by atoms with E-state index < -0.39 is 42.9 Å². The molecule has 0 heterocycles. The maximum absolute atomic E-state index is 12.9. The van der Waals surface area contributed by atoms with Crippen molar-refractivity contribution in [2.45, 2.75) is 50.5 Å². The molecule has 0 radical (unpaired) electrons. The topological polar surface area (TPSA) is 67.4 Å². The maximum Gasteiger partial charge on any atom is 0.422 e. The Balaban J connectivity index is 2.31. The molecule has 0 bridgehead atoms. The number of hydrogen-bond donors (Lipinski definition) is 2. The van der Waals surface area contributed by atoms with Crippen LogP contribution in [0.5, 0.6) is 0 Å². The third kappa shape index (κ3) is 7.73. The van der Waals surface area contributed by atoms with E-state index in [0.29, 0.717) is 12.8 Å². The van der Waals surface area contributed by atoms with Crippen LogP contribution >= 0.6 is 0 Å². The SMILES string of the molecule is O=C(CCNC(=O)OCC(F)(F)F)N[C@H]1CCCC[C@@H]1C(F)(F)F. The summed E-state index contributed by atoms with van der Waals surface area (Å²) in [7, 11) is 0. The highest BCUT2D eigenvalue weighted by Gasteiger charge is 2.45. The Morgan fingerprint density at radius 3 is 2.25 bits per heavy atom. The van der Waals surface area contributed by atoms with Crippen molar-refractivity contribution in [3.63, 3.8) is 0 Å². The Bertz CT molecular complexity index is 438. The van der Waals surface area contributed by atoms with E-state index in [2.05, 4.69) is 10.1 Å². The van der Waals surface area contributed by atoms with Crippen molar-refractivity contribution < 1.29 is 40.7 Å². The highest BCUT2D eigenvalue weighted by Crippen LogP contribution is 2.37. The molecule has 2 amide bonds. The van der Waals surface area contributed by atoms with Gasteiger partial charge < -0.3 is 15.4 Å². The minimum Gasteiger partial charge on any atom is -0.440 e. The quantitative estimate of drug-likeness (QED) is 0.737. The molecule has 1 aliphatic rings. The van der Waals surface area contributed by atoms with Crippen molar-refractivity contribution in [3.8, 4) is 0 Å². The van der Waals surface area contributed by atoms with Gasteiger partial charge in [0.05, 0.1) is 5.92 Å². The van der Waals surface area contributed by atoms with Crippen LogP contribution in [-0.4, -0.2) is 43.5 Å². The fraction of sp³-hybridized carbons (Fsp3) is 0.846. The van der Waals surface area contributed by atoms with E-state index in [1.165, 1.54) is 0 Å². The lowest BCUT2D eigenvalue weighted by molar-refractivity contribution is -0.189. The lowest BCUT2D eigenvalue weighted by Crippen LogP contribution is -2.48. The van der Waals surface area contributed by atoms with E-state index in [9.17, 15) is 35.9 Å². The third-order valence-electron chi connectivity index (χ3n) is 3.52. The Morgan fingerprint density at radius 1 is 1.04 bits per heavy atom. The van der Waals surface area contributed by atoms with Crippen LogP contribution < -0.4 is 10.6 Å². The maximum atomic E-state index is 12.9. The van der Waals surface area contributed by atoms with E-state index in [4.69, 9.17) is 0 Å². The number of carbonyl (C=O) groups excluding carboxylic acids is 2. The van der Waals surface area contributed by atoms with Gasteiger partial charge in [-0.25, -0.2) is 4.79 Å². The molecule has 1 saturated carbocycles. The van der Waals surface area contributed by atoms with E-state index in [-0.39, 0.29) is 25.8 Å².